The molecule has 4 rings (SSSR count). The van der Waals surface area contributed by atoms with Gasteiger partial charge in [-0.1, -0.05) is 18.2 Å². The zero-order valence-corrected chi connectivity index (χ0v) is 13.6. The Balaban J connectivity index is 1.73. The normalized spacial score (nSPS) is 11.2. The maximum absolute atomic E-state index is 12.7. The molecule has 0 spiro atoms. The highest BCUT2D eigenvalue weighted by Gasteiger charge is 2.13. The third-order valence-electron chi connectivity index (χ3n) is 4.07. The van der Waals surface area contributed by atoms with Gasteiger partial charge in [0.2, 0.25) is 0 Å². The molecule has 0 aliphatic heterocycles. The smallest absolute Gasteiger partial charge is 0.273 e. The Bertz CT molecular complexity index is 1200. The third-order valence-corrected chi connectivity index (χ3v) is 4.07. The maximum atomic E-state index is 12.7. The van der Waals surface area contributed by atoms with Gasteiger partial charge >= 0.3 is 0 Å². The number of nitrogens with zero attached hydrogens (tertiary/aromatic N) is 2. The van der Waals surface area contributed by atoms with Crippen LogP contribution < -0.4 is 10.9 Å². The molecule has 126 valence electrons. The molecule has 2 aromatic carbocycles. The van der Waals surface area contributed by atoms with Crippen LogP contribution in [0.2, 0.25) is 0 Å². The Morgan fingerprint density at radius 1 is 1.00 bits per heavy atom. The summed E-state index contributed by atoms with van der Waals surface area (Å²) in [7, 11) is 0. The number of pyridine rings is 2. The minimum atomic E-state index is -0.396. The Hall–Kier alpha value is -3.80. The minimum absolute atomic E-state index is 0.107. The number of hydrogen-bond acceptors (Lipinski definition) is 4. The number of hydrazone groups is 1. The highest BCUT2D eigenvalue weighted by Crippen LogP contribution is 2.18. The second kappa shape index (κ2) is 6.60. The number of rotatable bonds is 3. The first kappa shape index (κ1) is 15.7. The van der Waals surface area contributed by atoms with Crippen molar-refractivity contribution in [3.63, 3.8) is 0 Å². The summed E-state index contributed by atoms with van der Waals surface area (Å²) in [5.41, 5.74) is 4.74. The third kappa shape index (κ3) is 2.84. The van der Waals surface area contributed by atoms with Gasteiger partial charge in [0.15, 0.2) is 5.43 Å². The average molecular weight is 342 g/mol. The van der Waals surface area contributed by atoms with Crippen LogP contribution in [-0.4, -0.2) is 22.1 Å². The van der Waals surface area contributed by atoms with E-state index in [0.29, 0.717) is 27.4 Å². The van der Waals surface area contributed by atoms with Gasteiger partial charge in [-0.3, -0.25) is 14.6 Å². The number of amides is 1. The van der Waals surface area contributed by atoms with Crippen LogP contribution in [-0.2, 0) is 0 Å². The maximum Gasteiger partial charge on any atom is 0.273 e. The van der Waals surface area contributed by atoms with Crippen LogP contribution in [0, 0.1) is 0 Å². The molecule has 0 aliphatic carbocycles. The fraction of sp³-hybridized carbons (Fsp3) is 0. The molecule has 6 nitrogen and oxygen atoms in total. The van der Waals surface area contributed by atoms with Crippen molar-refractivity contribution < 1.29 is 4.79 Å². The number of fused-ring (bicyclic) bond motifs is 2. The molecule has 2 aromatic heterocycles. The van der Waals surface area contributed by atoms with Crippen molar-refractivity contribution in [3.8, 4) is 0 Å². The molecule has 0 unspecified atom stereocenters. The largest absolute Gasteiger partial charge is 0.354 e. The van der Waals surface area contributed by atoms with Crippen LogP contribution in [0.1, 0.15) is 15.9 Å². The number of aromatic amines is 1. The van der Waals surface area contributed by atoms with E-state index in [0.717, 1.165) is 5.56 Å². The minimum Gasteiger partial charge on any atom is -0.354 e. The molecule has 26 heavy (non-hydrogen) atoms. The summed E-state index contributed by atoms with van der Waals surface area (Å²) in [6.07, 6.45) is 4.82. The molecule has 2 heterocycles. The fourth-order valence-electron chi connectivity index (χ4n) is 2.81. The van der Waals surface area contributed by atoms with Gasteiger partial charge in [-0.2, -0.15) is 5.10 Å². The van der Waals surface area contributed by atoms with Gasteiger partial charge in [0, 0.05) is 28.7 Å². The van der Waals surface area contributed by atoms with Crippen molar-refractivity contribution in [1.82, 2.24) is 15.4 Å². The van der Waals surface area contributed by atoms with Crippen molar-refractivity contribution >= 4 is 33.9 Å². The van der Waals surface area contributed by atoms with Crippen molar-refractivity contribution in [2.24, 2.45) is 5.10 Å². The first-order valence-electron chi connectivity index (χ1n) is 8.01. The SMILES string of the molecule is O=C(N/N=C/c1ccncc1)c1cccc2c(=O)c3ccccc3[nH]c12. The van der Waals surface area contributed by atoms with Gasteiger partial charge in [0.05, 0.1) is 17.3 Å². The summed E-state index contributed by atoms with van der Waals surface area (Å²) in [5, 5.41) is 5.02. The van der Waals surface area contributed by atoms with Crippen LogP contribution in [0.15, 0.2) is 76.9 Å². The standard InChI is InChI=1S/C20H14N4O2/c25-19-14-4-1-2-7-17(14)23-18-15(19)5-3-6-16(18)20(26)24-22-12-13-8-10-21-11-9-13/h1-12H,(H,23,25)(H,24,26)/b22-12+. The summed E-state index contributed by atoms with van der Waals surface area (Å²) in [6, 6.07) is 15.8. The molecule has 1 amide bonds. The van der Waals surface area contributed by atoms with E-state index in [1.54, 1.807) is 48.8 Å². The van der Waals surface area contributed by atoms with Crippen LogP contribution in [0.3, 0.4) is 0 Å². The van der Waals surface area contributed by atoms with E-state index >= 15 is 0 Å². The zero-order valence-electron chi connectivity index (χ0n) is 13.6. The molecule has 6 heteroatoms. The number of para-hydroxylation sites is 2. The quantitative estimate of drug-likeness (QED) is 0.341. The molecular weight excluding hydrogens is 328 g/mol. The molecule has 0 saturated carbocycles. The van der Waals surface area contributed by atoms with E-state index in [1.807, 2.05) is 18.2 Å². The van der Waals surface area contributed by atoms with Crippen LogP contribution >= 0.6 is 0 Å². The van der Waals surface area contributed by atoms with E-state index in [-0.39, 0.29) is 5.43 Å². The Labute approximate surface area is 148 Å². The lowest BCUT2D eigenvalue weighted by Crippen LogP contribution is -2.19. The second-order valence-electron chi connectivity index (χ2n) is 5.71. The molecule has 0 aliphatic rings. The molecule has 0 radical (unpaired) electrons. The lowest BCUT2D eigenvalue weighted by atomic mass is 10.1. The van der Waals surface area contributed by atoms with Gasteiger partial charge in [0.1, 0.15) is 0 Å². The number of H-pyrrole nitrogens is 1. The highest BCUT2D eigenvalue weighted by atomic mass is 16.2. The average Bonchev–Trinajstić information content (AvgIpc) is 2.68. The summed E-state index contributed by atoms with van der Waals surface area (Å²) in [5.74, 6) is -0.396. The molecule has 0 fully saturated rings. The number of carbonyl (C=O) groups is 1. The molecule has 2 N–H and O–H groups in total. The van der Waals surface area contributed by atoms with Crippen LogP contribution in [0.5, 0.6) is 0 Å². The first-order valence-corrected chi connectivity index (χ1v) is 8.01. The van der Waals surface area contributed by atoms with Gasteiger partial charge in [-0.05, 0) is 42.0 Å². The molecule has 0 atom stereocenters. The number of nitrogens with one attached hydrogen (secondary N) is 2. The van der Waals surface area contributed by atoms with Crippen LogP contribution in [0.25, 0.3) is 21.8 Å². The number of aromatic nitrogens is 2. The fourth-order valence-corrected chi connectivity index (χ4v) is 2.81. The highest BCUT2D eigenvalue weighted by molar-refractivity contribution is 6.07. The Kier molecular flexibility index (Phi) is 3.99. The zero-order chi connectivity index (χ0) is 17.9. The monoisotopic (exact) mass is 342 g/mol. The summed E-state index contributed by atoms with van der Waals surface area (Å²) >= 11 is 0. The predicted octanol–water partition coefficient (Wildman–Crippen LogP) is 2.84. The lowest BCUT2D eigenvalue weighted by Gasteiger charge is -2.07. The molecular formula is C20H14N4O2. The van der Waals surface area contributed by atoms with Gasteiger partial charge < -0.3 is 4.98 Å². The van der Waals surface area contributed by atoms with E-state index in [9.17, 15) is 9.59 Å². The predicted molar refractivity (Wildman–Crippen MR) is 101 cm³/mol. The summed E-state index contributed by atoms with van der Waals surface area (Å²) in [4.78, 5) is 32.3. The second-order valence-corrected chi connectivity index (χ2v) is 5.71. The summed E-state index contributed by atoms with van der Waals surface area (Å²) in [6.45, 7) is 0. The van der Waals surface area contributed by atoms with Crippen molar-refractivity contribution in [3.05, 3.63) is 88.3 Å². The van der Waals surface area contributed by atoms with E-state index in [2.05, 4.69) is 20.5 Å². The van der Waals surface area contributed by atoms with Crippen LogP contribution in [0.4, 0.5) is 0 Å². The van der Waals surface area contributed by atoms with E-state index < -0.39 is 5.91 Å². The van der Waals surface area contributed by atoms with Crippen molar-refractivity contribution in [2.45, 2.75) is 0 Å². The van der Waals surface area contributed by atoms with Gasteiger partial charge in [-0.25, -0.2) is 5.43 Å². The van der Waals surface area contributed by atoms with Gasteiger partial charge in [0.25, 0.3) is 5.91 Å². The molecule has 0 bridgehead atoms. The topological polar surface area (TPSA) is 87.2 Å². The Morgan fingerprint density at radius 3 is 2.62 bits per heavy atom. The number of hydrogen-bond donors (Lipinski definition) is 2. The Morgan fingerprint density at radius 2 is 1.77 bits per heavy atom. The molecule has 0 saturated heterocycles. The summed E-state index contributed by atoms with van der Waals surface area (Å²) < 4.78 is 0. The first-order chi connectivity index (χ1) is 12.7. The van der Waals surface area contributed by atoms with E-state index in [4.69, 9.17) is 0 Å². The van der Waals surface area contributed by atoms with E-state index in [1.165, 1.54) is 6.21 Å². The number of benzene rings is 2. The van der Waals surface area contributed by atoms with Crippen molar-refractivity contribution in [2.75, 3.05) is 0 Å². The van der Waals surface area contributed by atoms with Gasteiger partial charge in [-0.15, -0.1) is 0 Å². The molecule has 4 aromatic rings. The van der Waals surface area contributed by atoms with Crippen molar-refractivity contribution in [1.29, 1.82) is 0 Å². The lowest BCUT2D eigenvalue weighted by molar-refractivity contribution is 0.0956. The number of carbonyl (C=O) groups excluding carboxylic acids is 1.